The van der Waals surface area contributed by atoms with Crippen molar-refractivity contribution in [2.24, 2.45) is 0 Å². The van der Waals surface area contributed by atoms with E-state index in [1.807, 2.05) is 42.5 Å². The lowest BCUT2D eigenvalue weighted by atomic mass is 10.2. The number of hydrogen-bond acceptors (Lipinski definition) is 6. The minimum Gasteiger partial charge on any atom is -0.493 e. The molecule has 0 aliphatic rings. The summed E-state index contributed by atoms with van der Waals surface area (Å²) in [5, 5.41) is 4.34. The predicted octanol–water partition coefficient (Wildman–Crippen LogP) is 2.38. The normalized spacial score (nSPS) is 11.8. The first kappa shape index (κ1) is 16.3. The van der Waals surface area contributed by atoms with Crippen LogP contribution in [-0.4, -0.2) is 28.8 Å². The van der Waals surface area contributed by atoms with Gasteiger partial charge in [-0.05, 0) is 23.8 Å². The number of nitrogens with zero attached hydrogens (tertiary/aromatic N) is 3. The average Bonchev–Trinajstić information content (AvgIpc) is 3.22. The zero-order chi connectivity index (χ0) is 18.1. The van der Waals surface area contributed by atoms with Crippen molar-refractivity contribution in [3.05, 3.63) is 69.0 Å². The summed E-state index contributed by atoms with van der Waals surface area (Å²) >= 11 is 1.31. The van der Waals surface area contributed by atoms with Crippen molar-refractivity contribution in [2.45, 2.75) is 0 Å². The quantitative estimate of drug-likeness (QED) is 0.556. The Labute approximate surface area is 153 Å². The van der Waals surface area contributed by atoms with Crippen molar-refractivity contribution in [3.63, 3.8) is 0 Å². The molecule has 130 valence electrons. The van der Waals surface area contributed by atoms with Crippen LogP contribution in [0.3, 0.4) is 0 Å². The van der Waals surface area contributed by atoms with Crippen LogP contribution >= 0.6 is 11.3 Å². The zero-order valence-electron chi connectivity index (χ0n) is 14.2. The fraction of sp³-hybridized carbons (Fsp3) is 0.105. The molecule has 2 aromatic heterocycles. The lowest BCUT2D eigenvalue weighted by Crippen LogP contribution is -2.23. The highest BCUT2D eigenvalue weighted by Gasteiger charge is 2.12. The van der Waals surface area contributed by atoms with Crippen LogP contribution in [-0.2, 0) is 0 Å². The van der Waals surface area contributed by atoms with Gasteiger partial charge < -0.3 is 9.47 Å². The minimum absolute atomic E-state index is 0.186. The Morgan fingerprint density at radius 1 is 1.04 bits per heavy atom. The Bertz CT molecular complexity index is 1180. The van der Waals surface area contributed by atoms with Crippen molar-refractivity contribution in [3.8, 4) is 22.9 Å². The second-order valence-corrected chi connectivity index (χ2v) is 6.54. The molecule has 0 saturated heterocycles. The number of thiazole rings is 1. The number of hydrogen-bond donors (Lipinski definition) is 0. The number of aromatic nitrogens is 3. The fourth-order valence-corrected chi connectivity index (χ4v) is 3.55. The molecule has 0 unspecified atom stereocenters. The second kappa shape index (κ2) is 6.61. The van der Waals surface area contributed by atoms with Gasteiger partial charge in [-0.3, -0.25) is 4.79 Å². The van der Waals surface area contributed by atoms with E-state index in [2.05, 4.69) is 10.1 Å². The molecule has 4 rings (SSSR count). The third-order valence-electron chi connectivity index (χ3n) is 3.92. The standard InChI is InChI=1S/C19H15N3O3S/c1-24-14-9-8-12(10-15(14)25-2)11-16-18(23)22-19(26-16)20-17(21-22)13-6-4-3-5-7-13/h3-11H,1-2H3/b16-11-. The molecule has 0 aliphatic carbocycles. The van der Waals surface area contributed by atoms with Crippen LogP contribution in [0.1, 0.15) is 5.56 Å². The molecule has 0 radical (unpaired) electrons. The van der Waals surface area contributed by atoms with Crippen LogP contribution in [0.5, 0.6) is 11.5 Å². The summed E-state index contributed by atoms with van der Waals surface area (Å²) in [5.41, 5.74) is 1.54. The third kappa shape index (κ3) is 2.82. The summed E-state index contributed by atoms with van der Waals surface area (Å²) in [6.07, 6.45) is 1.80. The van der Waals surface area contributed by atoms with Crippen LogP contribution in [0.25, 0.3) is 22.4 Å². The van der Waals surface area contributed by atoms with Gasteiger partial charge in [-0.25, -0.2) is 0 Å². The Kier molecular flexibility index (Phi) is 4.14. The molecule has 0 atom stereocenters. The number of fused-ring (bicyclic) bond motifs is 1. The molecule has 7 heteroatoms. The van der Waals surface area contributed by atoms with Crippen molar-refractivity contribution in [2.75, 3.05) is 14.2 Å². The van der Waals surface area contributed by atoms with Gasteiger partial charge >= 0.3 is 0 Å². The maximum Gasteiger partial charge on any atom is 0.291 e. The lowest BCUT2D eigenvalue weighted by Gasteiger charge is -2.07. The largest absolute Gasteiger partial charge is 0.493 e. The van der Waals surface area contributed by atoms with Crippen molar-refractivity contribution in [1.29, 1.82) is 0 Å². The van der Waals surface area contributed by atoms with Gasteiger partial charge in [-0.2, -0.15) is 9.50 Å². The van der Waals surface area contributed by atoms with E-state index in [0.717, 1.165) is 11.1 Å². The number of rotatable bonds is 4. The Hall–Kier alpha value is -3.19. The van der Waals surface area contributed by atoms with Crippen molar-refractivity contribution < 1.29 is 9.47 Å². The summed E-state index contributed by atoms with van der Waals surface area (Å²) in [5.74, 6) is 1.80. The van der Waals surface area contributed by atoms with E-state index in [-0.39, 0.29) is 5.56 Å². The van der Waals surface area contributed by atoms with Gasteiger partial charge in [0.05, 0.1) is 18.8 Å². The highest BCUT2D eigenvalue weighted by Crippen LogP contribution is 2.27. The highest BCUT2D eigenvalue weighted by atomic mass is 32.1. The first-order valence-electron chi connectivity index (χ1n) is 7.88. The lowest BCUT2D eigenvalue weighted by molar-refractivity contribution is 0.355. The molecule has 4 aromatic rings. The molecule has 0 amide bonds. The van der Waals surface area contributed by atoms with Gasteiger partial charge in [0.15, 0.2) is 17.3 Å². The third-order valence-corrected chi connectivity index (χ3v) is 4.88. The number of ether oxygens (including phenoxy) is 2. The zero-order valence-corrected chi connectivity index (χ0v) is 15.0. The molecular weight excluding hydrogens is 350 g/mol. The van der Waals surface area contributed by atoms with E-state index >= 15 is 0 Å². The maximum absolute atomic E-state index is 12.6. The molecule has 2 aromatic carbocycles. The van der Waals surface area contributed by atoms with E-state index in [0.29, 0.717) is 26.8 Å². The monoisotopic (exact) mass is 365 g/mol. The van der Waals surface area contributed by atoms with E-state index < -0.39 is 0 Å². The molecule has 26 heavy (non-hydrogen) atoms. The van der Waals surface area contributed by atoms with Crippen LogP contribution in [0.4, 0.5) is 0 Å². The summed E-state index contributed by atoms with van der Waals surface area (Å²) in [4.78, 5) is 17.7. The van der Waals surface area contributed by atoms with Gasteiger partial charge in [-0.1, -0.05) is 47.7 Å². The van der Waals surface area contributed by atoms with Crippen molar-refractivity contribution in [1.82, 2.24) is 14.6 Å². The van der Waals surface area contributed by atoms with Gasteiger partial charge in [0.2, 0.25) is 4.96 Å². The SMILES string of the molecule is COc1ccc(/C=c2\sc3nc(-c4ccccc4)nn3c2=O)cc1OC. The smallest absolute Gasteiger partial charge is 0.291 e. The summed E-state index contributed by atoms with van der Waals surface area (Å²) < 4.78 is 12.4. The molecule has 0 fully saturated rings. The van der Waals surface area contributed by atoms with Crippen molar-refractivity contribution >= 4 is 22.4 Å². The van der Waals surface area contributed by atoms with Crippen LogP contribution in [0.2, 0.25) is 0 Å². The van der Waals surface area contributed by atoms with Crippen LogP contribution < -0.4 is 19.6 Å². The summed E-state index contributed by atoms with van der Waals surface area (Å²) in [6.45, 7) is 0. The Balaban J connectivity index is 1.78. The molecular formula is C19H15N3O3S. The fourth-order valence-electron chi connectivity index (χ4n) is 2.64. The molecule has 0 saturated carbocycles. The average molecular weight is 365 g/mol. The first-order chi connectivity index (χ1) is 12.7. The summed E-state index contributed by atoms with van der Waals surface area (Å²) in [7, 11) is 3.16. The molecule has 0 bridgehead atoms. The maximum atomic E-state index is 12.6. The Morgan fingerprint density at radius 3 is 2.50 bits per heavy atom. The topological polar surface area (TPSA) is 65.7 Å². The van der Waals surface area contributed by atoms with E-state index in [1.165, 1.54) is 15.9 Å². The molecule has 2 heterocycles. The minimum atomic E-state index is -0.186. The number of methoxy groups -OCH3 is 2. The van der Waals surface area contributed by atoms with E-state index in [1.54, 1.807) is 26.4 Å². The predicted molar refractivity (Wildman–Crippen MR) is 101 cm³/mol. The van der Waals surface area contributed by atoms with Gasteiger partial charge in [0.1, 0.15) is 0 Å². The van der Waals surface area contributed by atoms with Gasteiger partial charge in [-0.15, -0.1) is 5.10 Å². The molecule has 6 nitrogen and oxygen atoms in total. The summed E-state index contributed by atoms with van der Waals surface area (Å²) in [6, 6.07) is 15.1. The van der Waals surface area contributed by atoms with Gasteiger partial charge in [0, 0.05) is 5.56 Å². The van der Waals surface area contributed by atoms with Crippen LogP contribution in [0, 0.1) is 0 Å². The molecule has 0 N–H and O–H groups in total. The van der Waals surface area contributed by atoms with Gasteiger partial charge in [0.25, 0.3) is 5.56 Å². The molecule has 0 spiro atoms. The van der Waals surface area contributed by atoms with E-state index in [4.69, 9.17) is 9.47 Å². The first-order valence-corrected chi connectivity index (χ1v) is 8.70. The van der Waals surface area contributed by atoms with E-state index in [9.17, 15) is 4.79 Å². The van der Waals surface area contributed by atoms with Crippen LogP contribution in [0.15, 0.2) is 53.3 Å². The second-order valence-electron chi connectivity index (χ2n) is 5.53. The number of benzene rings is 2. The highest BCUT2D eigenvalue weighted by molar-refractivity contribution is 7.15. The molecule has 0 aliphatic heterocycles. The Morgan fingerprint density at radius 2 is 1.81 bits per heavy atom.